The van der Waals surface area contributed by atoms with Gasteiger partial charge in [-0.2, -0.15) is 8.78 Å². The number of aromatic nitrogens is 1. The third-order valence-electron chi connectivity index (χ3n) is 4.01. The van der Waals surface area contributed by atoms with Gasteiger partial charge in [-0.25, -0.2) is 4.98 Å². The number of amides is 1. The number of ether oxygens (including phenoxy) is 1. The molecule has 1 aromatic carbocycles. The molecule has 1 aromatic heterocycles. The van der Waals surface area contributed by atoms with Crippen LogP contribution in [0.5, 0.6) is 0 Å². The van der Waals surface area contributed by atoms with Gasteiger partial charge in [0.1, 0.15) is 0 Å². The van der Waals surface area contributed by atoms with E-state index in [-0.39, 0.29) is 12.5 Å². The Balaban J connectivity index is 1.64. The Morgan fingerprint density at radius 2 is 2.29 bits per heavy atom. The van der Waals surface area contributed by atoms with Crippen LogP contribution in [0.25, 0.3) is 10.2 Å². The van der Waals surface area contributed by atoms with Crippen molar-refractivity contribution in [1.29, 1.82) is 0 Å². The molecule has 1 aliphatic heterocycles. The van der Waals surface area contributed by atoms with E-state index >= 15 is 0 Å². The highest BCUT2D eigenvalue weighted by molar-refractivity contribution is 7.22. The van der Waals surface area contributed by atoms with E-state index in [1.165, 1.54) is 11.3 Å². The standard InChI is InChI=1S/C16H19F2N3O2S/c1-2-21(16-19-12-5-3-4-6-13(12)24-16)14(22)10-20-8-7-11(9-20)23-15(17)18/h3-6,11,15H,2,7-10H2,1H3/t11-/m0/s1. The number of likely N-dealkylation sites (N-methyl/N-ethyl adjacent to an activating group) is 1. The summed E-state index contributed by atoms with van der Waals surface area (Å²) in [6.07, 6.45) is 0.0144. The number of rotatable bonds is 6. The van der Waals surface area contributed by atoms with Crippen LogP contribution in [-0.2, 0) is 9.53 Å². The number of thiazole rings is 1. The Hall–Kier alpha value is -1.64. The van der Waals surface area contributed by atoms with Crippen LogP contribution < -0.4 is 4.90 Å². The van der Waals surface area contributed by atoms with Crippen molar-refractivity contribution >= 4 is 32.6 Å². The molecule has 1 aliphatic rings. The molecule has 5 nitrogen and oxygen atoms in total. The van der Waals surface area contributed by atoms with Crippen LogP contribution in [-0.4, -0.2) is 54.7 Å². The van der Waals surface area contributed by atoms with Gasteiger partial charge in [-0.1, -0.05) is 23.5 Å². The highest BCUT2D eigenvalue weighted by Crippen LogP contribution is 2.28. The Kier molecular flexibility index (Phi) is 5.37. The number of anilines is 1. The molecule has 0 N–H and O–H groups in total. The van der Waals surface area contributed by atoms with Gasteiger partial charge in [0.15, 0.2) is 5.13 Å². The van der Waals surface area contributed by atoms with E-state index in [0.29, 0.717) is 31.2 Å². The molecule has 2 heterocycles. The molecule has 0 unspecified atom stereocenters. The van der Waals surface area contributed by atoms with E-state index in [1.54, 1.807) is 4.90 Å². The molecule has 0 radical (unpaired) electrons. The zero-order valence-electron chi connectivity index (χ0n) is 13.3. The summed E-state index contributed by atoms with van der Waals surface area (Å²) in [5.74, 6) is -0.0748. The number of alkyl halides is 2. The Bertz CT molecular complexity index is 676. The molecule has 2 aromatic rings. The van der Waals surface area contributed by atoms with Gasteiger partial charge in [0.2, 0.25) is 5.91 Å². The Morgan fingerprint density at radius 3 is 3.00 bits per heavy atom. The average molecular weight is 355 g/mol. The molecule has 8 heteroatoms. The minimum atomic E-state index is -2.76. The second-order valence-electron chi connectivity index (χ2n) is 5.64. The van der Waals surface area contributed by atoms with Crippen LogP contribution in [0.15, 0.2) is 24.3 Å². The van der Waals surface area contributed by atoms with E-state index < -0.39 is 12.7 Å². The lowest BCUT2D eigenvalue weighted by molar-refractivity contribution is -0.158. The molecule has 130 valence electrons. The van der Waals surface area contributed by atoms with Gasteiger partial charge in [-0.15, -0.1) is 0 Å². The van der Waals surface area contributed by atoms with E-state index in [9.17, 15) is 13.6 Å². The molecule has 1 atom stereocenters. The zero-order chi connectivity index (χ0) is 17.1. The van der Waals surface area contributed by atoms with Crippen LogP contribution in [0.2, 0.25) is 0 Å². The first kappa shape index (κ1) is 17.2. The first-order valence-corrected chi connectivity index (χ1v) is 8.70. The minimum absolute atomic E-state index is 0.0748. The first-order chi connectivity index (χ1) is 11.6. The predicted octanol–water partition coefficient (Wildman–Crippen LogP) is 2.96. The fraction of sp³-hybridized carbons (Fsp3) is 0.500. The van der Waals surface area contributed by atoms with Crippen molar-refractivity contribution < 1.29 is 18.3 Å². The van der Waals surface area contributed by atoms with Crippen LogP contribution in [0, 0.1) is 0 Å². The summed E-state index contributed by atoms with van der Waals surface area (Å²) in [6.45, 7) is 0.779. The molecule has 3 rings (SSSR count). The van der Waals surface area contributed by atoms with Crippen molar-refractivity contribution in [2.24, 2.45) is 0 Å². The smallest absolute Gasteiger partial charge is 0.318 e. The number of hydrogen-bond donors (Lipinski definition) is 0. The van der Waals surface area contributed by atoms with E-state index in [2.05, 4.69) is 9.72 Å². The summed E-state index contributed by atoms with van der Waals surface area (Å²) >= 11 is 1.48. The average Bonchev–Trinajstić information content (AvgIpc) is 3.14. The van der Waals surface area contributed by atoms with Crippen molar-refractivity contribution in [3.8, 4) is 0 Å². The van der Waals surface area contributed by atoms with Crippen molar-refractivity contribution in [2.75, 3.05) is 31.1 Å². The summed E-state index contributed by atoms with van der Waals surface area (Å²) < 4.78 is 30.1. The maximum absolute atomic E-state index is 12.6. The number of carbonyl (C=O) groups excluding carboxylic acids is 1. The molecule has 0 bridgehead atoms. The number of likely N-dealkylation sites (tertiary alicyclic amines) is 1. The molecule has 1 amide bonds. The minimum Gasteiger partial charge on any atom is -0.318 e. The maximum atomic E-state index is 12.6. The molecule has 0 spiro atoms. The third kappa shape index (κ3) is 3.88. The SMILES string of the molecule is CCN(C(=O)CN1CC[C@H](OC(F)F)C1)c1nc2ccccc2s1. The van der Waals surface area contributed by atoms with Crippen LogP contribution in [0.3, 0.4) is 0 Å². The number of nitrogens with zero attached hydrogens (tertiary/aromatic N) is 3. The second-order valence-corrected chi connectivity index (χ2v) is 6.65. The highest BCUT2D eigenvalue weighted by Gasteiger charge is 2.28. The van der Waals surface area contributed by atoms with Crippen LogP contribution in [0.4, 0.5) is 13.9 Å². The molecule has 1 fully saturated rings. The van der Waals surface area contributed by atoms with Gasteiger partial charge in [0, 0.05) is 19.6 Å². The molecular formula is C16H19F2N3O2S. The van der Waals surface area contributed by atoms with Gasteiger partial charge < -0.3 is 4.74 Å². The number of hydrogen-bond acceptors (Lipinski definition) is 5. The number of fused-ring (bicyclic) bond motifs is 1. The van der Waals surface area contributed by atoms with Crippen LogP contribution in [0.1, 0.15) is 13.3 Å². The lowest BCUT2D eigenvalue weighted by atomic mass is 10.3. The van der Waals surface area contributed by atoms with E-state index in [0.717, 1.165) is 10.2 Å². The summed E-state index contributed by atoms with van der Waals surface area (Å²) in [5, 5.41) is 0.670. The molecule has 24 heavy (non-hydrogen) atoms. The molecule has 0 saturated carbocycles. The second kappa shape index (κ2) is 7.50. The van der Waals surface area contributed by atoms with E-state index in [1.807, 2.05) is 36.1 Å². The quantitative estimate of drug-likeness (QED) is 0.799. The van der Waals surface area contributed by atoms with Crippen LogP contribution >= 0.6 is 11.3 Å². The van der Waals surface area contributed by atoms with E-state index in [4.69, 9.17) is 0 Å². The number of halogens is 2. The normalized spacial score (nSPS) is 18.6. The number of carbonyl (C=O) groups is 1. The summed E-state index contributed by atoms with van der Waals surface area (Å²) in [4.78, 5) is 20.6. The molecule has 1 saturated heterocycles. The van der Waals surface area contributed by atoms with Gasteiger partial charge in [0.25, 0.3) is 0 Å². The lowest BCUT2D eigenvalue weighted by Gasteiger charge is -2.22. The van der Waals surface area contributed by atoms with Crippen molar-refractivity contribution in [3.63, 3.8) is 0 Å². The Morgan fingerprint density at radius 1 is 1.50 bits per heavy atom. The lowest BCUT2D eigenvalue weighted by Crippen LogP contribution is -2.40. The Labute approximate surface area is 142 Å². The molecule has 0 aliphatic carbocycles. The molecular weight excluding hydrogens is 336 g/mol. The van der Waals surface area contributed by atoms with Gasteiger partial charge in [0.05, 0.1) is 22.9 Å². The first-order valence-electron chi connectivity index (χ1n) is 7.88. The van der Waals surface area contributed by atoms with Gasteiger partial charge >= 0.3 is 6.61 Å². The van der Waals surface area contributed by atoms with Gasteiger partial charge in [-0.3, -0.25) is 14.6 Å². The predicted molar refractivity (Wildman–Crippen MR) is 89.6 cm³/mol. The monoisotopic (exact) mass is 355 g/mol. The topological polar surface area (TPSA) is 45.7 Å². The maximum Gasteiger partial charge on any atom is 0.345 e. The summed E-state index contributed by atoms with van der Waals surface area (Å²) in [6, 6.07) is 7.75. The fourth-order valence-electron chi connectivity index (χ4n) is 2.87. The summed E-state index contributed by atoms with van der Waals surface area (Å²) in [5.41, 5.74) is 0.871. The number of benzene rings is 1. The number of para-hydroxylation sites is 1. The largest absolute Gasteiger partial charge is 0.345 e. The summed E-state index contributed by atoms with van der Waals surface area (Å²) in [7, 11) is 0. The van der Waals surface area contributed by atoms with Crippen molar-refractivity contribution in [1.82, 2.24) is 9.88 Å². The fourth-order valence-corrected chi connectivity index (χ4v) is 3.91. The van der Waals surface area contributed by atoms with Gasteiger partial charge in [-0.05, 0) is 25.5 Å². The highest BCUT2D eigenvalue weighted by atomic mass is 32.1. The third-order valence-corrected chi connectivity index (χ3v) is 5.07. The van der Waals surface area contributed by atoms with Crippen molar-refractivity contribution in [2.45, 2.75) is 26.1 Å². The zero-order valence-corrected chi connectivity index (χ0v) is 14.1. The van der Waals surface area contributed by atoms with Crippen molar-refractivity contribution in [3.05, 3.63) is 24.3 Å².